The number of aliphatic hydroxyl groups is 2. The molecule has 0 spiro atoms. The van der Waals surface area contributed by atoms with Gasteiger partial charge in [-0.05, 0) is 26.7 Å². The quantitative estimate of drug-likeness (QED) is 0.646. The van der Waals surface area contributed by atoms with E-state index in [2.05, 4.69) is 0 Å². The van der Waals surface area contributed by atoms with Gasteiger partial charge in [0, 0.05) is 16.7 Å². The Morgan fingerprint density at radius 2 is 1.60 bits per heavy atom. The first-order valence-electron chi connectivity index (χ1n) is 6.14. The van der Waals surface area contributed by atoms with Gasteiger partial charge in [-0.2, -0.15) is 0 Å². The molecular weight excluding hydrogens is 332 g/mol. The van der Waals surface area contributed by atoms with Gasteiger partial charge in [-0.25, -0.2) is 0 Å². The summed E-state index contributed by atoms with van der Waals surface area (Å²) in [6, 6.07) is 6.49. The second-order valence-electron chi connectivity index (χ2n) is 5.34. The number of rotatable bonds is 3. The fourth-order valence-electron chi connectivity index (χ4n) is 2.08. The Bertz CT molecular complexity index is 582. The van der Waals surface area contributed by atoms with Crippen LogP contribution in [-0.2, 0) is 4.79 Å². The van der Waals surface area contributed by atoms with Gasteiger partial charge < -0.3 is 10.2 Å². The molecule has 0 atom stereocenters. The molecule has 2 N–H and O–H groups in total. The molecule has 0 amide bonds. The fraction of sp³-hybridized carbons (Fsp3) is 0.333. The molecule has 1 aromatic carbocycles. The van der Waals surface area contributed by atoms with Crippen molar-refractivity contribution < 1.29 is 19.8 Å². The monoisotopic (exact) mass is 348 g/mol. The summed E-state index contributed by atoms with van der Waals surface area (Å²) in [5.74, 6) is -1.43. The number of carbonyl (C=O) groups is 2. The topological polar surface area (TPSA) is 74.6 Å². The molecule has 0 aliphatic heterocycles. The van der Waals surface area contributed by atoms with Crippen LogP contribution < -0.4 is 0 Å². The van der Waals surface area contributed by atoms with E-state index >= 15 is 0 Å². The van der Waals surface area contributed by atoms with Crippen LogP contribution in [0.4, 0.5) is 0 Å². The summed E-state index contributed by atoms with van der Waals surface area (Å²) in [5.41, 5.74) is -0.242. The molecule has 1 aliphatic carbocycles. The number of carbonyl (C=O) groups excluding carboxylic acids is 2. The van der Waals surface area contributed by atoms with Crippen LogP contribution >= 0.6 is 0 Å². The van der Waals surface area contributed by atoms with E-state index in [1.54, 1.807) is 32.0 Å². The number of ketones is 2. The summed E-state index contributed by atoms with van der Waals surface area (Å²) in [7, 11) is 0. The molecule has 0 fully saturated rings. The van der Waals surface area contributed by atoms with Crippen LogP contribution in [-0.4, -0.2) is 72.9 Å². The van der Waals surface area contributed by atoms with Crippen molar-refractivity contribution in [1.82, 2.24) is 0 Å². The van der Waals surface area contributed by atoms with Gasteiger partial charge >= 0.3 is 45.5 Å². The third kappa shape index (κ3) is 3.59. The van der Waals surface area contributed by atoms with Gasteiger partial charge in [0.05, 0.1) is 5.60 Å². The Kier molecular flexibility index (Phi) is 5.75. The van der Waals surface area contributed by atoms with Crippen molar-refractivity contribution >= 4 is 62.8 Å². The number of Topliss-reactive ketones (excluding diaryl/α,β-unsaturated/α-hetero) is 2. The molecule has 4 nitrogen and oxygen atoms in total. The first kappa shape index (κ1) is 17.6. The summed E-state index contributed by atoms with van der Waals surface area (Å²) in [6.45, 7) is 3.24. The maximum absolute atomic E-state index is 12.0. The molecule has 0 heterocycles. The zero-order chi connectivity index (χ0) is 14.2. The van der Waals surface area contributed by atoms with Gasteiger partial charge in [-0.3, -0.25) is 9.59 Å². The van der Waals surface area contributed by atoms with Gasteiger partial charge in [-0.15, -0.1) is 0 Å². The molecule has 0 saturated heterocycles. The van der Waals surface area contributed by atoms with Crippen LogP contribution in [0.1, 0.15) is 42.6 Å². The van der Waals surface area contributed by atoms with Crippen molar-refractivity contribution in [3.8, 4) is 0 Å². The predicted octanol–water partition coefficient (Wildman–Crippen LogP) is 1.89. The maximum Gasteiger partial charge on any atom is 2.00 e. The minimum Gasteiger partial charge on any atom is -0.507 e. The van der Waals surface area contributed by atoms with Crippen molar-refractivity contribution in [3.63, 3.8) is 0 Å². The van der Waals surface area contributed by atoms with E-state index in [9.17, 15) is 19.8 Å². The van der Waals surface area contributed by atoms with Gasteiger partial charge in [0.25, 0.3) is 0 Å². The van der Waals surface area contributed by atoms with E-state index in [-0.39, 0.29) is 68.8 Å². The zero-order valence-electron chi connectivity index (χ0n) is 11.6. The van der Waals surface area contributed by atoms with Gasteiger partial charge in [0.1, 0.15) is 5.76 Å². The Hall–Kier alpha value is -0.459. The molecule has 0 aromatic heterocycles. The van der Waals surface area contributed by atoms with Crippen molar-refractivity contribution in [1.29, 1.82) is 0 Å². The number of aliphatic hydroxyl groups excluding tert-OH is 1. The molecule has 0 saturated carbocycles. The smallest absolute Gasteiger partial charge is 0.507 e. The number of fused-ring (bicyclic) bond motifs is 1. The summed E-state index contributed by atoms with van der Waals surface area (Å²) in [5, 5.41) is 19.8. The number of allylic oxidation sites excluding steroid dienone is 1. The molecule has 0 radical (unpaired) electrons. The number of hydrogen-bond acceptors (Lipinski definition) is 4. The second-order valence-corrected chi connectivity index (χ2v) is 5.34. The summed E-state index contributed by atoms with van der Waals surface area (Å²) in [6.07, 6.45) is 0.474. The number of benzene rings is 1. The van der Waals surface area contributed by atoms with E-state index in [0.29, 0.717) is 12.0 Å². The second kappa shape index (κ2) is 6.54. The normalized spacial score (nSPS) is 14.9. The first-order valence-corrected chi connectivity index (χ1v) is 6.14. The molecule has 1 aromatic rings. The van der Waals surface area contributed by atoms with Crippen LogP contribution in [0.15, 0.2) is 29.8 Å². The molecule has 20 heavy (non-hydrogen) atoms. The summed E-state index contributed by atoms with van der Waals surface area (Å²) < 4.78 is 0. The maximum atomic E-state index is 12.0. The Morgan fingerprint density at radius 1 is 1.05 bits per heavy atom. The predicted molar refractivity (Wildman–Crippen MR) is 76.6 cm³/mol. The molecule has 2 rings (SSSR count). The zero-order valence-corrected chi connectivity index (χ0v) is 15.1. The van der Waals surface area contributed by atoms with E-state index in [1.807, 2.05) is 0 Å². The third-order valence-electron chi connectivity index (χ3n) is 3.18. The summed E-state index contributed by atoms with van der Waals surface area (Å²) >= 11 is 0. The summed E-state index contributed by atoms with van der Waals surface area (Å²) in [4.78, 5) is 23.9. The Labute approximate surface area is 154 Å². The molecular formula is C15H16O4Sr+2. The Morgan fingerprint density at radius 3 is 2.15 bits per heavy atom. The van der Waals surface area contributed by atoms with Crippen molar-refractivity contribution in [3.05, 3.63) is 41.0 Å². The largest absolute Gasteiger partial charge is 2.00 e. The van der Waals surface area contributed by atoms with E-state index in [4.69, 9.17) is 0 Å². The van der Waals surface area contributed by atoms with Gasteiger partial charge in [0.2, 0.25) is 11.6 Å². The average molecular weight is 348 g/mol. The van der Waals surface area contributed by atoms with Gasteiger partial charge in [0.15, 0.2) is 0 Å². The molecule has 0 unspecified atom stereocenters. The Balaban J connectivity index is 0.00000200. The number of hydrogen-bond donors (Lipinski definition) is 2. The molecule has 100 valence electrons. The third-order valence-corrected chi connectivity index (χ3v) is 3.18. The fourth-order valence-corrected chi connectivity index (χ4v) is 2.08. The van der Waals surface area contributed by atoms with Crippen LogP contribution in [0.2, 0.25) is 0 Å². The van der Waals surface area contributed by atoms with Crippen molar-refractivity contribution in [2.45, 2.75) is 32.3 Å². The van der Waals surface area contributed by atoms with E-state index < -0.39 is 17.2 Å². The SMILES string of the molecule is CC(C)(O)CCC1=C(O)c2ccccc2C(=O)C1=O.[Sr+2]. The van der Waals surface area contributed by atoms with Crippen LogP contribution in [0.3, 0.4) is 0 Å². The first-order chi connectivity index (χ1) is 8.81. The van der Waals surface area contributed by atoms with Gasteiger partial charge in [-0.1, -0.05) is 24.3 Å². The van der Waals surface area contributed by atoms with E-state index in [0.717, 1.165) is 0 Å². The van der Waals surface area contributed by atoms with E-state index in [1.165, 1.54) is 6.07 Å². The minimum atomic E-state index is -0.951. The van der Waals surface area contributed by atoms with Crippen molar-refractivity contribution in [2.24, 2.45) is 0 Å². The average Bonchev–Trinajstić information content (AvgIpc) is 2.35. The minimum absolute atomic E-state index is 0. The van der Waals surface area contributed by atoms with Crippen LogP contribution in [0.5, 0.6) is 0 Å². The van der Waals surface area contributed by atoms with Crippen molar-refractivity contribution in [2.75, 3.05) is 0 Å². The molecule has 0 bridgehead atoms. The standard InChI is InChI=1S/C15H16O4.Sr/c1-15(2,19)8-7-11-12(16)9-5-3-4-6-10(9)13(17)14(11)18;/h3-6,16,19H,7-8H2,1-2H3;/q;+2. The molecule has 1 aliphatic rings. The van der Waals surface area contributed by atoms with Crippen LogP contribution in [0.25, 0.3) is 5.76 Å². The molecule has 5 heteroatoms. The van der Waals surface area contributed by atoms with Crippen LogP contribution in [0, 0.1) is 0 Å².